The van der Waals surface area contributed by atoms with E-state index in [9.17, 15) is 13.2 Å². The second kappa shape index (κ2) is 8.16. The van der Waals surface area contributed by atoms with Gasteiger partial charge in [0.2, 0.25) is 15.9 Å². The van der Waals surface area contributed by atoms with Crippen molar-refractivity contribution in [1.82, 2.24) is 9.21 Å². The molecule has 2 saturated heterocycles. The van der Waals surface area contributed by atoms with Crippen molar-refractivity contribution in [3.05, 3.63) is 23.3 Å². The van der Waals surface area contributed by atoms with Crippen LogP contribution in [0, 0.1) is 19.8 Å². The minimum atomic E-state index is -3.65. The molecule has 150 valence electrons. The van der Waals surface area contributed by atoms with Crippen LogP contribution in [0.1, 0.15) is 24.0 Å². The fourth-order valence-electron chi connectivity index (χ4n) is 3.65. The topological polar surface area (TPSA) is 76.2 Å². The van der Waals surface area contributed by atoms with Gasteiger partial charge in [0.1, 0.15) is 10.6 Å². The Morgan fingerprint density at radius 1 is 1.07 bits per heavy atom. The van der Waals surface area contributed by atoms with Crippen molar-refractivity contribution in [3.8, 4) is 5.75 Å². The third kappa shape index (κ3) is 4.12. The number of aryl methyl sites for hydroxylation is 2. The third-order valence-corrected chi connectivity index (χ3v) is 7.44. The average molecular weight is 397 g/mol. The van der Waals surface area contributed by atoms with Gasteiger partial charge in [-0.05, 0) is 49.9 Å². The van der Waals surface area contributed by atoms with E-state index in [1.165, 1.54) is 11.4 Å². The van der Waals surface area contributed by atoms with Crippen molar-refractivity contribution >= 4 is 15.9 Å². The van der Waals surface area contributed by atoms with Gasteiger partial charge in [0.15, 0.2) is 0 Å². The number of carbonyl (C=O) groups is 1. The molecule has 27 heavy (non-hydrogen) atoms. The van der Waals surface area contributed by atoms with Gasteiger partial charge in [-0.25, -0.2) is 8.42 Å². The van der Waals surface area contributed by atoms with Crippen molar-refractivity contribution in [2.75, 3.05) is 46.5 Å². The maximum absolute atomic E-state index is 13.1. The molecule has 1 aromatic carbocycles. The zero-order chi connectivity index (χ0) is 19.6. The van der Waals surface area contributed by atoms with Gasteiger partial charge in [-0.15, -0.1) is 0 Å². The number of sulfonamides is 1. The molecular weight excluding hydrogens is 368 g/mol. The minimum absolute atomic E-state index is 0.115. The maximum atomic E-state index is 13.1. The second-order valence-corrected chi connectivity index (χ2v) is 9.11. The molecule has 0 saturated carbocycles. The smallest absolute Gasteiger partial charge is 0.246 e. The van der Waals surface area contributed by atoms with Crippen LogP contribution < -0.4 is 4.74 Å². The number of hydrogen-bond donors (Lipinski definition) is 0. The molecule has 0 aliphatic carbocycles. The van der Waals surface area contributed by atoms with Crippen molar-refractivity contribution in [2.24, 2.45) is 5.92 Å². The Balaban J connectivity index is 1.71. The lowest BCUT2D eigenvalue weighted by molar-refractivity contribution is -0.140. The SMILES string of the molecule is COc1cc(C)c(C)cc1S(=O)(=O)N1CCC(C(=O)N2CCOCC2)CC1. The fraction of sp³-hybridized carbons (Fsp3) is 0.632. The van der Waals surface area contributed by atoms with Crippen LogP contribution in [0.25, 0.3) is 0 Å². The summed E-state index contributed by atoms with van der Waals surface area (Å²) in [7, 11) is -2.17. The van der Waals surface area contributed by atoms with Crippen LogP contribution in [0.3, 0.4) is 0 Å². The van der Waals surface area contributed by atoms with Gasteiger partial charge in [0, 0.05) is 32.1 Å². The van der Waals surface area contributed by atoms with Crippen LogP contribution in [0.2, 0.25) is 0 Å². The summed E-state index contributed by atoms with van der Waals surface area (Å²) in [4.78, 5) is 14.7. The number of nitrogens with zero attached hydrogens (tertiary/aromatic N) is 2. The quantitative estimate of drug-likeness (QED) is 0.772. The number of hydrogen-bond acceptors (Lipinski definition) is 5. The van der Waals surface area contributed by atoms with E-state index in [-0.39, 0.29) is 16.7 Å². The molecule has 2 aliphatic heterocycles. The highest BCUT2D eigenvalue weighted by Crippen LogP contribution is 2.32. The van der Waals surface area contributed by atoms with E-state index < -0.39 is 10.0 Å². The van der Waals surface area contributed by atoms with E-state index in [0.717, 1.165) is 11.1 Å². The zero-order valence-electron chi connectivity index (χ0n) is 16.2. The van der Waals surface area contributed by atoms with Crippen molar-refractivity contribution in [2.45, 2.75) is 31.6 Å². The first-order valence-corrected chi connectivity index (χ1v) is 10.8. The minimum Gasteiger partial charge on any atom is -0.495 e. The molecule has 0 atom stereocenters. The molecule has 0 unspecified atom stereocenters. The van der Waals surface area contributed by atoms with Crippen LogP contribution in [0.4, 0.5) is 0 Å². The Hall–Kier alpha value is -1.64. The van der Waals surface area contributed by atoms with E-state index in [1.807, 2.05) is 18.7 Å². The van der Waals surface area contributed by atoms with Gasteiger partial charge < -0.3 is 14.4 Å². The highest BCUT2D eigenvalue weighted by molar-refractivity contribution is 7.89. The molecule has 0 aromatic heterocycles. The summed E-state index contributed by atoms with van der Waals surface area (Å²) in [6, 6.07) is 3.44. The fourth-order valence-corrected chi connectivity index (χ4v) is 5.34. The number of benzene rings is 1. The molecule has 2 heterocycles. The summed E-state index contributed by atoms with van der Waals surface area (Å²) < 4.78 is 38.4. The first kappa shape index (κ1) is 20.1. The predicted molar refractivity (Wildman–Crippen MR) is 101 cm³/mol. The van der Waals surface area contributed by atoms with Gasteiger partial charge in [-0.1, -0.05) is 0 Å². The van der Waals surface area contributed by atoms with Gasteiger partial charge >= 0.3 is 0 Å². The summed E-state index contributed by atoms with van der Waals surface area (Å²) in [6.07, 6.45) is 1.09. The zero-order valence-corrected chi connectivity index (χ0v) is 17.0. The largest absolute Gasteiger partial charge is 0.495 e. The van der Waals surface area contributed by atoms with Crippen molar-refractivity contribution in [3.63, 3.8) is 0 Å². The molecule has 2 aliphatic rings. The Bertz CT molecular complexity index is 795. The first-order chi connectivity index (χ1) is 12.8. The molecule has 0 spiro atoms. The van der Waals surface area contributed by atoms with Crippen LogP contribution in [0.15, 0.2) is 17.0 Å². The van der Waals surface area contributed by atoms with E-state index in [2.05, 4.69) is 0 Å². The molecule has 1 aromatic rings. The Kier molecular flexibility index (Phi) is 6.08. The Morgan fingerprint density at radius 2 is 1.67 bits per heavy atom. The summed E-state index contributed by atoms with van der Waals surface area (Å²) in [5.74, 6) is 0.375. The van der Waals surface area contributed by atoms with Crippen LogP contribution in [-0.2, 0) is 19.6 Å². The number of rotatable bonds is 4. The molecule has 0 bridgehead atoms. The number of carbonyl (C=O) groups excluding carboxylic acids is 1. The van der Waals surface area contributed by atoms with Crippen LogP contribution >= 0.6 is 0 Å². The molecule has 0 N–H and O–H groups in total. The third-order valence-electron chi connectivity index (χ3n) is 5.52. The molecule has 0 radical (unpaired) electrons. The summed E-state index contributed by atoms with van der Waals surface area (Å²) in [5.41, 5.74) is 1.90. The average Bonchev–Trinajstić information content (AvgIpc) is 2.69. The lowest BCUT2D eigenvalue weighted by Crippen LogP contribution is -2.47. The van der Waals surface area contributed by atoms with Gasteiger partial charge in [-0.3, -0.25) is 4.79 Å². The van der Waals surface area contributed by atoms with E-state index in [0.29, 0.717) is 58.0 Å². The number of ether oxygens (including phenoxy) is 2. The number of morpholine rings is 1. The molecule has 3 rings (SSSR count). The molecule has 2 fully saturated rings. The number of piperidine rings is 1. The lowest BCUT2D eigenvalue weighted by atomic mass is 9.96. The number of amides is 1. The highest BCUT2D eigenvalue weighted by atomic mass is 32.2. The monoisotopic (exact) mass is 396 g/mol. The van der Waals surface area contributed by atoms with Gasteiger partial charge in [0.05, 0.1) is 20.3 Å². The van der Waals surface area contributed by atoms with Crippen LogP contribution in [-0.4, -0.2) is 70.0 Å². The number of methoxy groups -OCH3 is 1. The summed E-state index contributed by atoms with van der Waals surface area (Å²) in [6.45, 7) is 6.90. The Morgan fingerprint density at radius 3 is 2.26 bits per heavy atom. The van der Waals surface area contributed by atoms with Gasteiger partial charge in [0.25, 0.3) is 0 Å². The standard InChI is InChI=1S/C19H28N2O5S/c1-14-12-17(25-3)18(13-15(14)2)27(23,24)21-6-4-16(5-7-21)19(22)20-8-10-26-11-9-20/h12-13,16H,4-11H2,1-3H3. The molecule has 8 heteroatoms. The summed E-state index contributed by atoms with van der Waals surface area (Å²) >= 11 is 0. The second-order valence-electron chi connectivity index (χ2n) is 7.20. The normalized spacial score (nSPS) is 19.9. The molecule has 1 amide bonds. The summed E-state index contributed by atoms with van der Waals surface area (Å²) in [5, 5.41) is 0. The van der Waals surface area contributed by atoms with Crippen molar-refractivity contribution in [1.29, 1.82) is 0 Å². The van der Waals surface area contributed by atoms with Crippen LogP contribution in [0.5, 0.6) is 5.75 Å². The van der Waals surface area contributed by atoms with Gasteiger partial charge in [-0.2, -0.15) is 4.31 Å². The van der Waals surface area contributed by atoms with E-state index in [1.54, 1.807) is 12.1 Å². The maximum Gasteiger partial charge on any atom is 0.246 e. The molecular formula is C19H28N2O5S. The van der Waals surface area contributed by atoms with E-state index >= 15 is 0 Å². The van der Waals surface area contributed by atoms with E-state index in [4.69, 9.17) is 9.47 Å². The predicted octanol–water partition coefficient (Wildman–Crippen LogP) is 1.57. The van der Waals surface area contributed by atoms with Crippen molar-refractivity contribution < 1.29 is 22.7 Å². The first-order valence-electron chi connectivity index (χ1n) is 9.36. The Labute approximate surface area is 161 Å². The lowest BCUT2D eigenvalue weighted by Gasteiger charge is -2.35. The molecule has 7 nitrogen and oxygen atoms in total. The highest BCUT2D eigenvalue weighted by Gasteiger charge is 2.35.